The number of hydrogen-bond donors (Lipinski definition) is 0. The van der Waals surface area contributed by atoms with Crippen LogP contribution in [0.3, 0.4) is 0 Å². The molecule has 0 N–H and O–H groups in total. The largest absolute Gasteiger partial charge is 0.310 e. The van der Waals surface area contributed by atoms with Crippen LogP contribution >= 0.6 is 0 Å². The third-order valence-corrected chi connectivity index (χ3v) is 14.5. The Morgan fingerprint density at radius 1 is 0.292 bits per heavy atom. The number of rotatable bonds is 7. The van der Waals surface area contributed by atoms with Crippen LogP contribution in [0, 0.1) is 0 Å². The van der Waals surface area contributed by atoms with Crippen molar-refractivity contribution in [3.05, 3.63) is 247 Å². The lowest BCUT2D eigenvalue weighted by Gasteiger charge is -2.29. The molecule has 0 aromatic heterocycles. The smallest absolute Gasteiger partial charge is 0.0540 e. The molecule has 65 heavy (non-hydrogen) atoms. The molecule has 0 unspecified atom stereocenters. The molecule has 0 aliphatic heterocycles. The Labute approximate surface area is 383 Å². The van der Waals surface area contributed by atoms with Gasteiger partial charge in [0, 0.05) is 27.8 Å². The molecular formula is C64H49N. The highest BCUT2D eigenvalue weighted by molar-refractivity contribution is 5.98. The van der Waals surface area contributed by atoms with E-state index >= 15 is 0 Å². The molecule has 2 aliphatic rings. The summed E-state index contributed by atoms with van der Waals surface area (Å²) in [6.07, 6.45) is 0. The van der Waals surface area contributed by atoms with E-state index in [0.717, 1.165) is 17.1 Å². The number of hydrogen-bond acceptors (Lipinski definition) is 1. The van der Waals surface area contributed by atoms with Crippen LogP contribution < -0.4 is 4.90 Å². The molecule has 10 aromatic carbocycles. The fraction of sp³-hybridized carbons (Fsp3) is 0.0938. The zero-order valence-corrected chi connectivity index (χ0v) is 37.3. The molecular weight excluding hydrogens is 783 g/mol. The minimum absolute atomic E-state index is 0.0975. The Morgan fingerprint density at radius 2 is 0.738 bits per heavy atom. The quantitative estimate of drug-likeness (QED) is 0.155. The van der Waals surface area contributed by atoms with Crippen LogP contribution in [0.5, 0.6) is 0 Å². The third-order valence-electron chi connectivity index (χ3n) is 14.5. The van der Waals surface area contributed by atoms with Crippen LogP contribution in [0.15, 0.2) is 224 Å². The van der Waals surface area contributed by atoms with Crippen molar-refractivity contribution in [3.8, 4) is 66.8 Å². The number of anilines is 3. The third kappa shape index (κ3) is 6.14. The Morgan fingerprint density at radius 3 is 1.45 bits per heavy atom. The lowest BCUT2D eigenvalue weighted by atomic mass is 9.78. The van der Waals surface area contributed by atoms with E-state index in [1.165, 1.54) is 99.8 Å². The number of nitrogens with zero attached hydrogens (tertiary/aromatic N) is 1. The van der Waals surface area contributed by atoms with Crippen molar-refractivity contribution in [1.82, 2.24) is 0 Å². The van der Waals surface area contributed by atoms with Gasteiger partial charge in [-0.15, -0.1) is 0 Å². The second kappa shape index (κ2) is 14.9. The molecule has 10 aromatic rings. The average Bonchev–Trinajstić information content (AvgIpc) is 3.74. The maximum absolute atomic E-state index is 2.44. The second-order valence-corrected chi connectivity index (χ2v) is 18.8. The van der Waals surface area contributed by atoms with Gasteiger partial charge in [0.25, 0.3) is 0 Å². The zero-order chi connectivity index (χ0) is 43.9. The van der Waals surface area contributed by atoms with Gasteiger partial charge in [0.15, 0.2) is 0 Å². The predicted molar refractivity (Wildman–Crippen MR) is 276 cm³/mol. The molecule has 310 valence electrons. The Balaban J connectivity index is 0.983. The highest BCUT2D eigenvalue weighted by atomic mass is 15.1. The summed E-state index contributed by atoms with van der Waals surface area (Å²) in [5.41, 5.74) is 23.8. The minimum Gasteiger partial charge on any atom is -0.310 e. The summed E-state index contributed by atoms with van der Waals surface area (Å²) in [6, 6.07) is 83.2. The highest BCUT2D eigenvalue weighted by Crippen LogP contribution is 2.54. The topological polar surface area (TPSA) is 3.24 Å². The molecule has 12 rings (SSSR count). The predicted octanol–water partition coefficient (Wildman–Crippen LogP) is 17.6. The van der Waals surface area contributed by atoms with Gasteiger partial charge in [-0.25, -0.2) is 0 Å². The van der Waals surface area contributed by atoms with E-state index in [9.17, 15) is 0 Å². The molecule has 0 bridgehead atoms. The summed E-state index contributed by atoms with van der Waals surface area (Å²) in [5, 5.41) is 2.51. The minimum atomic E-state index is -0.116. The maximum Gasteiger partial charge on any atom is 0.0540 e. The van der Waals surface area contributed by atoms with E-state index in [4.69, 9.17) is 0 Å². The zero-order valence-electron chi connectivity index (χ0n) is 37.3. The van der Waals surface area contributed by atoms with Gasteiger partial charge >= 0.3 is 0 Å². The second-order valence-electron chi connectivity index (χ2n) is 18.8. The first-order valence-corrected chi connectivity index (χ1v) is 22.9. The van der Waals surface area contributed by atoms with Crippen LogP contribution in [0.1, 0.15) is 49.9 Å². The maximum atomic E-state index is 2.44. The highest BCUT2D eigenvalue weighted by Gasteiger charge is 2.38. The van der Waals surface area contributed by atoms with E-state index < -0.39 is 0 Å². The number of para-hydroxylation sites is 1. The summed E-state index contributed by atoms with van der Waals surface area (Å²) >= 11 is 0. The van der Waals surface area contributed by atoms with Gasteiger partial charge in [-0.05, 0) is 131 Å². The van der Waals surface area contributed by atoms with E-state index in [2.05, 4.69) is 257 Å². The van der Waals surface area contributed by atoms with Gasteiger partial charge in [0.2, 0.25) is 0 Å². The normalized spacial score (nSPS) is 13.8. The van der Waals surface area contributed by atoms with Crippen LogP contribution in [0.25, 0.3) is 77.5 Å². The van der Waals surface area contributed by atoms with Gasteiger partial charge in [0.05, 0.1) is 5.69 Å². The lowest BCUT2D eigenvalue weighted by molar-refractivity contribution is 0.660. The Bertz CT molecular complexity index is 3470. The Kier molecular flexibility index (Phi) is 8.94. The molecule has 0 amide bonds. The van der Waals surface area contributed by atoms with Crippen LogP contribution in [0.4, 0.5) is 17.1 Å². The average molecular weight is 832 g/mol. The standard InChI is InChI=1S/C64H49N/c1-63(2)58-28-12-9-23-53(58)55-40-35-45(41-60(55)63)51-21-11-14-30-61(51)65(46-36-31-43(32-37-46)49-25-15-18-42-17-5-6-19-48(42)49)47-38-33-44(34-39-47)50-20-7-8-22-52(50)56-26-16-27-57-54-24-10-13-29-59(54)64(3,4)62(56)57/h5-41H,1-4H3. The molecule has 0 radical (unpaired) electrons. The summed E-state index contributed by atoms with van der Waals surface area (Å²) in [6.45, 7) is 9.48. The van der Waals surface area contributed by atoms with Crippen molar-refractivity contribution in [2.75, 3.05) is 4.90 Å². The number of fused-ring (bicyclic) bond motifs is 7. The summed E-state index contributed by atoms with van der Waals surface area (Å²) < 4.78 is 0. The van der Waals surface area contributed by atoms with Crippen molar-refractivity contribution in [2.24, 2.45) is 0 Å². The molecule has 1 nitrogen and oxygen atoms in total. The van der Waals surface area contributed by atoms with Crippen molar-refractivity contribution in [1.29, 1.82) is 0 Å². The van der Waals surface area contributed by atoms with E-state index in [-0.39, 0.29) is 10.8 Å². The molecule has 0 saturated heterocycles. The molecule has 0 saturated carbocycles. The summed E-state index contributed by atoms with van der Waals surface area (Å²) in [5.74, 6) is 0. The van der Waals surface area contributed by atoms with E-state index in [1.807, 2.05) is 0 Å². The molecule has 0 fully saturated rings. The van der Waals surface area contributed by atoms with Gasteiger partial charge in [-0.3, -0.25) is 0 Å². The van der Waals surface area contributed by atoms with Gasteiger partial charge in [-0.2, -0.15) is 0 Å². The van der Waals surface area contributed by atoms with Crippen molar-refractivity contribution in [2.45, 2.75) is 38.5 Å². The van der Waals surface area contributed by atoms with Gasteiger partial charge < -0.3 is 4.90 Å². The Hall–Kier alpha value is -7.74. The van der Waals surface area contributed by atoms with Crippen molar-refractivity contribution >= 4 is 27.8 Å². The van der Waals surface area contributed by atoms with Crippen molar-refractivity contribution in [3.63, 3.8) is 0 Å². The summed E-state index contributed by atoms with van der Waals surface area (Å²) in [7, 11) is 0. The summed E-state index contributed by atoms with van der Waals surface area (Å²) in [4.78, 5) is 2.44. The van der Waals surface area contributed by atoms with E-state index in [1.54, 1.807) is 0 Å². The first-order chi connectivity index (χ1) is 31.8. The fourth-order valence-electron chi connectivity index (χ4n) is 11.3. The fourth-order valence-corrected chi connectivity index (χ4v) is 11.3. The van der Waals surface area contributed by atoms with Gasteiger partial charge in [-0.1, -0.05) is 216 Å². The molecule has 0 atom stereocenters. The first-order valence-electron chi connectivity index (χ1n) is 22.9. The molecule has 0 spiro atoms. The molecule has 2 aliphatic carbocycles. The SMILES string of the molecule is CC1(C)c2ccccc2-c2ccc(-c3ccccc3N(c3ccc(-c4ccccc4-c4cccc5c4C(C)(C)c4ccccc4-5)cc3)c3ccc(-c4cccc5ccccc45)cc3)cc21. The van der Waals surface area contributed by atoms with Crippen LogP contribution in [-0.4, -0.2) is 0 Å². The van der Waals surface area contributed by atoms with Gasteiger partial charge in [0.1, 0.15) is 0 Å². The lowest BCUT2D eigenvalue weighted by Crippen LogP contribution is -2.16. The van der Waals surface area contributed by atoms with Crippen LogP contribution in [0.2, 0.25) is 0 Å². The van der Waals surface area contributed by atoms with Crippen LogP contribution in [-0.2, 0) is 10.8 Å². The van der Waals surface area contributed by atoms with Crippen molar-refractivity contribution < 1.29 is 0 Å². The monoisotopic (exact) mass is 831 g/mol. The molecule has 1 heteroatoms. The first kappa shape index (κ1) is 38.9. The molecule has 0 heterocycles. The number of benzene rings is 10. The van der Waals surface area contributed by atoms with E-state index in [0.29, 0.717) is 0 Å².